The number of Topliss-reactive ketones (excluding diaryl/α,β-unsaturated/α-hetero) is 1. The van der Waals surface area contributed by atoms with Gasteiger partial charge < -0.3 is 0 Å². The van der Waals surface area contributed by atoms with Gasteiger partial charge in [-0.3, -0.25) is 4.79 Å². The molecule has 0 saturated heterocycles. The van der Waals surface area contributed by atoms with Gasteiger partial charge in [0.05, 0.1) is 11.1 Å². The topological polar surface area (TPSA) is 40.9 Å². The van der Waals surface area contributed by atoms with E-state index in [2.05, 4.69) is 0 Å². The molecule has 0 spiro atoms. The highest BCUT2D eigenvalue weighted by Gasteiger charge is 2.27. The molecule has 19 heavy (non-hydrogen) atoms. The molecule has 0 amide bonds. The van der Waals surface area contributed by atoms with Crippen LogP contribution in [0.2, 0.25) is 5.02 Å². The second-order valence-corrected chi connectivity index (χ2v) is 5.43. The number of halogens is 2. The Bertz CT molecular complexity index is 517. The molecule has 1 unspecified atom stereocenters. The molecule has 0 aromatic heterocycles. The van der Waals surface area contributed by atoms with Crippen LogP contribution in [0.3, 0.4) is 0 Å². The first kappa shape index (κ1) is 14.0. The summed E-state index contributed by atoms with van der Waals surface area (Å²) >= 11 is 5.69. The number of hydrogen-bond acceptors (Lipinski definition) is 2. The van der Waals surface area contributed by atoms with E-state index in [0.717, 1.165) is 25.7 Å². The quantitative estimate of drug-likeness (QED) is 0.827. The molecule has 0 radical (unpaired) electrons. The number of carbonyl (C=O) groups is 1. The minimum absolute atomic E-state index is 0.0496. The lowest BCUT2D eigenvalue weighted by Gasteiger charge is -2.13. The summed E-state index contributed by atoms with van der Waals surface area (Å²) in [4.78, 5) is 12.2. The van der Waals surface area contributed by atoms with Crippen molar-refractivity contribution in [1.29, 1.82) is 5.26 Å². The third-order valence-corrected chi connectivity index (χ3v) is 4.00. The molecule has 2 rings (SSSR count). The van der Waals surface area contributed by atoms with E-state index in [-0.39, 0.29) is 16.4 Å². The molecule has 1 fully saturated rings. The first-order chi connectivity index (χ1) is 9.13. The maximum Gasteiger partial charge on any atom is 0.154 e. The van der Waals surface area contributed by atoms with Crippen LogP contribution in [-0.2, 0) is 4.79 Å². The normalized spacial score (nSPS) is 17.1. The summed E-state index contributed by atoms with van der Waals surface area (Å²) in [6, 6.07) is 6.35. The molecule has 1 aliphatic rings. The molecule has 1 aromatic rings. The Labute approximate surface area is 117 Å². The Hall–Kier alpha value is -1.40. The standard InChI is InChI=1S/C15H15ClFNO/c16-13-7-3-6-11(15(13)17)12(9-18)14(19)8-10-4-1-2-5-10/h3,6-7,10,12H,1-2,4-5,8H2. The van der Waals surface area contributed by atoms with E-state index >= 15 is 0 Å². The molecule has 1 aromatic carbocycles. The van der Waals surface area contributed by atoms with Gasteiger partial charge in [0.15, 0.2) is 5.78 Å². The molecule has 4 heteroatoms. The summed E-state index contributed by atoms with van der Waals surface area (Å²) < 4.78 is 13.9. The zero-order chi connectivity index (χ0) is 13.8. The minimum Gasteiger partial charge on any atom is -0.298 e. The average Bonchev–Trinajstić information content (AvgIpc) is 2.88. The minimum atomic E-state index is -1.04. The van der Waals surface area contributed by atoms with Gasteiger partial charge in [0.1, 0.15) is 11.7 Å². The van der Waals surface area contributed by atoms with Crippen molar-refractivity contribution in [3.05, 3.63) is 34.6 Å². The van der Waals surface area contributed by atoms with Crippen molar-refractivity contribution in [3.63, 3.8) is 0 Å². The van der Waals surface area contributed by atoms with Crippen LogP contribution in [0.15, 0.2) is 18.2 Å². The van der Waals surface area contributed by atoms with Gasteiger partial charge >= 0.3 is 0 Å². The van der Waals surface area contributed by atoms with Crippen LogP contribution in [0.5, 0.6) is 0 Å². The van der Waals surface area contributed by atoms with Gasteiger partial charge in [0.25, 0.3) is 0 Å². The number of rotatable bonds is 4. The monoisotopic (exact) mass is 279 g/mol. The van der Waals surface area contributed by atoms with Crippen molar-refractivity contribution < 1.29 is 9.18 Å². The smallest absolute Gasteiger partial charge is 0.154 e. The maximum atomic E-state index is 13.9. The van der Waals surface area contributed by atoms with Gasteiger partial charge in [-0.15, -0.1) is 0 Å². The molecule has 0 aliphatic heterocycles. The Balaban J connectivity index is 2.17. The average molecular weight is 280 g/mol. The van der Waals surface area contributed by atoms with E-state index in [1.807, 2.05) is 6.07 Å². The molecule has 1 atom stereocenters. The van der Waals surface area contributed by atoms with Crippen LogP contribution in [-0.4, -0.2) is 5.78 Å². The second-order valence-electron chi connectivity index (χ2n) is 5.03. The Morgan fingerprint density at radius 3 is 2.79 bits per heavy atom. The third-order valence-electron chi connectivity index (χ3n) is 3.71. The van der Waals surface area contributed by atoms with E-state index in [9.17, 15) is 9.18 Å². The van der Waals surface area contributed by atoms with Crippen LogP contribution < -0.4 is 0 Å². The lowest BCUT2D eigenvalue weighted by Crippen LogP contribution is -2.15. The number of carbonyl (C=O) groups excluding carboxylic acids is 1. The summed E-state index contributed by atoms with van der Waals surface area (Å²) in [5.41, 5.74) is 0.0954. The van der Waals surface area contributed by atoms with Crippen LogP contribution in [0.4, 0.5) is 4.39 Å². The van der Waals surface area contributed by atoms with Gasteiger partial charge in [-0.1, -0.05) is 49.4 Å². The highest BCUT2D eigenvalue weighted by Crippen LogP contribution is 2.32. The maximum absolute atomic E-state index is 13.9. The van der Waals surface area contributed by atoms with Gasteiger partial charge in [-0.05, 0) is 12.0 Å². The number of benzene rings is 1. The molecule has 100 valence electrons. The van der Waals surface area contributed by atoms with Crippen molar-refractivity contribution in [3.8, 4) is 6.07 Å². The van der Waals surface area contributed by atoms with Gasteiger partial charge in [0, 0.05) is 12.0 Å². The van der Waals surface area contributed by atoms with Crippen LogP contribution in [0.25, 0.3) is 0 Å². The SMILES string of the molecule is N#CC(C(=O)CC1CCCC1)c1cccc(Cl)c1F. The summed E-state index contributed by atoms with van der Waals surface area (Å²) in [6.07, 6.45) is 4.70. The first-order valence-electron chi connectivity index (χ1n) is 6.49. The predicted molar refractivity (Wildman–Crippen MR) is 71.3 cm³/mol. The number of hydrogen-bond donors (Lipinski definition) is 0. The molecular weight excluding hydrogens is 265 g/mol. The number of nitrogens with zero attached hydrogens (tertiary/aromatic N) is 1. The zero-order valence-corrected chi connectivity index (χ0v) is 11.3. The van der Waals surface area contributed by atoms with Crippen molar-refractivity contribution in [1.82, 2.24) is 0 Å². The van der Waals surface area contributed by atoms with Crippen molar-refractivity contribution in [2.75, 3.05) is 0 Å². The molecule has 2 nitrogen and oxygen atoms in total. The van der Waals surface area contributed by atoms with E-state index in [0.29, 0.717) is 12.3 Å². The second kappa shape index (κ2) is 6.16. The molecular formula is C15H15ClFNO. The first-order valence-corrected chi connectivity index (χ1v) is 6.87. The Kier molecular flexibility index (Phi) is 4.55. The highest BCUT2D eigenvalue weighted by molar-refractivity contribution is 6.30. The Morgan fingerprint density at radius 1 is 1.47 bits per heavy atom. The van der Waals surface area contributed by atoms with Crippen LogP contribution in [0.1, 0.15) is 43.6 Å². The fraction of sp³-hybridized carbons (Fsp3) is 0.467. The predicted octanol–water partition coefficient (Wildman–Crippen LogP) is 4.24. The van der Waals surface area contributed by atoms with Crippen molar-refractivity contribution >= 4 is 17.4 Å². The summed E-state index contributed by atoms with van der Waals surface area (Å²) in [7, 11) is 0. The van der Waals surface area contributed by atoms with Crippen molar-refractivity contribution in [2.45, 2.75) is 38.0 Å². The van der Waals surface area contributed by atoms with Gasteiger partial charge in [-0.25, -0.2) is 4.39 Å². The van der Waals surface area contributed by atoms with E-state index in [1.54, 1.807) is 6.07 Å². The van der Waals surface area contributed by atoms with Gasteiger partial charge in [0.2, 0.25) is 0 Å². The van der Waals surface area contributed by atoms with Crippen LogP contribution in [0, 0.1) is 23.1 Å². The molecule has 0 heterocycles. The largest absolute Gasteiger partial charge is 0.298 e. The van der Waals surface area contributed by atoms with E-state index < -0.39 is 11.7 Å². The van der Waals surface area contributed by atoms with E-state index in [1.165, 1.54) is 12.1 Å². The zero-order valence-electron chi connectivity index (χ0n) is 10.5. The molecule has 1 aliphatic carbocycles. The lowest BCUT2D eigenvalue weighted by atomic mass is 9.89. The highest BCUT2D eigenvalue weighted by atomic mass is 35.5. The van der Waals surface area contributed by atoms with Crippen LogP contribution >= 0.6 is 11.6 Å². The Morgan fingerprint density at radius 2 is 2.16 bits per heavy atom. The summed E-state index contributed by atoms with van der Waals surface area (Å²) in [6.45, 7) is 0. The number of nitriles is 1. The van der Waals surface area contributed by atoms with Crippen molar-refractivity contribution in [2.24, 2.45) is 5.92 Å². The molecule has 0 bridgehead atoms. The molecule has 0 N–H and O–H groups in total. The third kappa shape index (κ3) is 3.13. The number of ketones is 1. The lowest BCUT2D eigenvalue weighted by molar-refractivity contribution is -0.120. The fourth-order valence-electron chi connectivity index (χ4n) is 2.68. The molecule has 1 saturated carbocycles. The summed E-state index contributed by atoms with van der Waals surface area (Å²) in [5.74, 6) is -1.55. The summed E-state index contributed by atoms with van der Waals surface area (Å²) in [5, 5.41) is 9.11. The fourth-order valence-corrected chi connectivity index (χ4v) is 2.86. The van der Waals surface area contributed by atoms with Gasteiger partial charge in [-0.2, -0.15) is 5.26 Å². The van der Waals surface area contributed by atoms with E-state index in [4.69, 9.17) is 16.9 Å².